The van der Waals surface area contributed by atoms with Gasteiger partial charge in [0.2, 0.25) is 0 Å². The second-order valence-corrected chi connectivity index (χ2v) is 5.69. The Bertz CT molecular complexity index is 616. The zero-order chi connectivity index (χ0) is 15.4. The fraction of sp³-hybridized carbons (Fsp3) is 0.438. The topological polar surface area (TPSA) is 63.1 Å². The van der Waals surface area contributed by atoms with Crippen LogP contribution in [-0.4, -0.2) is 40.3 Å². The highest BCUT2D eigenvalue weighted by atomic mass is 16.2. The lowest BCUT2D eigenvalue weighted by Gasteiger charge is -2.33. The van der Waals surface area contributed by atoms with Gasteiger partial charge in [0.25, 0.3) is 5.91 Å². The Labute approximate surface area is 130 Å². The lowest BCUT2D eigenvalue weighted by atomic mass is 9.96. The fourth-order valence-electron chi connectivity index (χ4n) is 2.87. The Balaban J connectivity index is 1.46. The van der Waals surface area contributed by atoms with E-state index < -0.39 is 0 Å². The van der Waals surface area contributed by atoms with Crippen LogP contribution in [0.3, 0.4) is 0 Å². The molecule has 1 fully saturated rings. The van der Waals surface area contributed by atoms with Crippen molar-refractivity contribution >= 4 is 11.6 Å². The number of carbonyl (C=O) groups excluding carboxylic acids is 1. The van der Waals surface area contributed by atoms with E-state index in [1.165, 1.54) is 5.69 Å². The van der Waals surface area contributed by atoms with Gasteiger partial charge in [0.1, 0.15) is 5.69 Å². The number of carbonyl (C=O) groups is 1. The average Bonchev–Trinajstić information content (AvgIpc) is 3.00. The molecule has 0 atom stereocenters. The van der Waals surface area contributed by atoms with Crippen LogP contribution in [0.25, 0.3) is 0 Å². The molecule has 1 N–H and O–H groups in total. The molecule has 116 valence electrons. The summed E-state index contributed by atoms with van der Waals surface area (Å²) >= 11 is 0. The molecule has 3 heterocycles. The van der Waals surface area contributed by atoms with Gasteiger partial charge in [0, 0.05) is 51.0 Å². The summed E-state index contributed by atoms with van der Waals surface area (Å²) in [7, 11) is 1.78. The van der Waals surface area contributed by atoms with E-state index in [4.69, 9.17) is 0 Å². The monoisotopic (exact) mass is 299 g/mol. The molecule has 2 aromatic rings. The minimum absolute atomic E-state index is 0.0448. The van der Waals surface area contributed by atoms with Crippen LogP contribution in [0.5, 0.6) is 0 Å². The maximum atomic E-state index is 12.1. The molecular weight excluding hydrogens is 278 g/mol. The molecule has 2 aromatic heterocycles. The second kappa shape index (κ2) is 6.60. The molecule has 0 bridgehead atoms. The van der Waals surface area contributed by atoms with Gasteiger partial charge in [-0.15, -0.1) is 0 Å². The van der Waals surface area contributed by atoms with Crippen LogP contribution < -0.4 is 10.2 Å². The predicted octanol–water partition coefficient (Wildman–Crippen LogP) is 1.46. The van der Waals surface area contributed by atoms with Crippen LogP contribution in [0, 0.1) is 5.92 Å². The maximum Gasteiger partial charge on any atom is 0.269 e. The molecule has 6 nitrogen and oxygen atoms in total. The predicted molar refractivity (Wildman–Crippen MR) is 84.7 cm³/mol. The largest absolute Gasteiger partial charge is 0.371 e. The zero-order valence-electron chi connectivity index (χ0n) is 12.8. The Morgan fingerprint density at radius 3 is 2.59 bits per heavy atom. The van der Waals surface area contributed by atoms with E-state index in [1.807, 2.05) is 24.5 Å². The summed E-state index contributed by atoms with van der Waals surface area (Å²) in [6, 6.07) is 5.83. The molecule has 0 saturated carbocycles. The third-order valence-electron chi connectivity index (χ3n) is 4.25. The molecule has 1 aliphatic heterocycles. The first-order valence-corrected chi connectivity index (χ1v) is 7.65. The Hall–Kier alpha value is -2.37. The van der Waals surface area contributed by atoms with Crippen molar-refractivity contribution in [1.82, 2.24) is 20.1 Å². The normalized spacial score (nSPS) is 15.8. The highest BCUT2D eigenvalue weighted by molar-refractivity contribution is 5.92. The van der Waals surface area contributed by atoms with Gasteiger partial charge < -0.3 is 10.2 Å². The summed E-state index contributed by atoms with van der Waals surface area (Å²) in [4.78, 5) is 18.5. The lowest BCUT2D eigenvalue weighted by molar-refractivity contribution is 0.0935. The molecule has 1 aliphatic rings. The first-order chi connectivity index (χ1) is 10.7. The number of aryl methyl sites for hydroxylation is 1. The Morgan fingerprint density at radius 1 is 1.23 bits per heavy atom. The summed E-state index contributed by atoms with van der Waals surface area (Å²) in [5.41, 5.74) is 1.83. The SMILES string of the molecule is Cn1nccc1C(=O)NCC1CCN(c2ccncc2)CC1. The van der Waals surface area contributed by atoms with Gasteiger partial charge in [-0.3, -0.25) is 14.5 Å². The van der Waals surface area contributed by atoms with E-state index in [1.54, 1.807) is 24.0 Å². The number of hydrogen-bond acceptors (Lipinski definition) is 4. The molecule has 0 aliphatic carbocycles. The first kappa shape index (κ1) is 14.6. The van der Waals surface area contributed by atoms with Gasteiger partial charge >= 0.3 is 0 Å². The second-order valence-electron chi connectivity index (χ2n) is 5.69. The van der Waals surface area contributed by atoms with Gasteiger partial charge in [-0.2, -0.15) is 5.10 Å². The number of nitrogens with zero attached hydrogens (tertiary/aromatic N) is 4. The summed E-state index contributed by atoms with van der Waals surface area (Å²) in [5, 5.41) is 7.04. The highest BCUT2D eigenvalue weighted by Crippen LogP contribution is 2.22. The van der Waals surface area contributed by atoms with E-state index in [0.717, 1.165) is 32.5 Å². The van der Waals surface area contributed by atoms with Crippen LogP contribution in [0.2, 0.25) is 0 Å². The molecule has 0 unspecified atom stereocenters. The minimum atomic E-state index is -0.0448. The Kier molecular flexibility index (Phi) is 4.37. The Morgan fingerprint density at radius 2 is 1.95 bits per heavy atom. The molecule has 0 aromatic carbocycles. The quantitative estimate of drug-likeness (QED) is 0.928. The van der Waals surface area contributed by atoms with Gasteiger partial charge in [0.05, 0.1) is 0 Å². The number of nitrogens with one attached hydrogen (secondary N) is 1. The van der Waals surface area contributed by atoms with E-state index in [9.17, 15) is 4.79 Å². The third-order valence-corrected chi connectivity index (χ3v) is 4.25. The third kappa shape index (κ3) is 3.27. The minimum Gasteiger partial charge on any atom is -0.371 e. The summed E-state index contributed by atoms with van der Waals surface area (Å²) in [6.07, 6.45) is 7.48. The van der Waals surface area contributed by atoms with Gasteiger partial charge in [-0.1, -0.05) is 0 Å². The molecule has 6 heteroatoms. The zero-order valence-corrected chi connectivity index (χ0v) is 12.8. The number of hydrogen-bond donors (Lipinski definition) is 1. The number of rotatable bonds is 4. The fourth-order valence-corrected chi connectivity index (χ4v) is 2.87. The van der Waals surface area contributed by atoms with Crippen molar-refractivity contribution in [2.45, 2.75) is 12.8 Å². The number of anilines is 1. The smallest absolute Gasteiger partial charge is 0.269 e. The molecule has 1 amide bonds. The van der Waals surface area contributed by atoms with Crippen LogP contribution >= 0.6 is 0 Å². The number of piperidine rings is 1. The van der Waals surface area contributed by atoms with Crippen molar-refractivity contribution in [3.05, 3.63) is 42.5 Å². The van der Waals surface area contributed by atoms with Crippen LogP contribution in [-0.2, 0) is 7.05 Å². The molecule has 22 heavy (non-hydrogen) atoms. The summed E-state index contributed by atoms with van der Waals surface area (Å²) < 4.78 is 1.60. The molecular formula is C16H21N5O. The maximum absolute atomic E-state index is 12.1. The van der Waals surface area contributed by atoms with E-state index in [2.05, 4.69) is 20.3 Å². The van der Waals surface area contributed by atoms with Gasteiger partial charge in [0.15, 0.2) is 0 Å². The standard InChI is InChI=1S/C16H21N5O/c1-20-15(4-9-19-20)16(22)18-12-13-5-10-21(11-6-13)14-2-7-17-8-3-14/h2-4,7-9,13H,5-6,10-12H2,1H3,(H,18,22). The molecule has 3 rings (SSSR count). The molecule has 0 radical (unpaired) electrons. The van der Waals surface area contributed by atoms with Crippen molar-refractivity contribution in [2.24, 2.45) is 13.0 Å². The van der Waals surface area contributed by atoms with Crippen molar-refractivity contribution < 1.29 is 4.79 Å². The summed E-state index contributed by atoms with van der Waals surface area (Å²) in [6.45, 7) is 2.78. The van der Waals surface area contributed by atoms with Crippen LogP contribution in [0.4, 0.5) is 5.69 Å². The number of amides is 1. The van der Waals surface area contributed by atoms with Crippen molar-refractivity contribution in [3.63, 3.8) is 0 Å². The number of pyridine rings is 1. The van der Waals surface area contributed by atoms with E-state index in [0.29, 0.717) is 11.6 Å². The van der Waals surface area contributed by atoms with E-state index in [-0.39, 0.29) is 5.91 Å². The van der Waals surface area contributed by atoms with Crippen molar-refractivity contribution in [2.75, 3.05) is 24.5 Å². The average molecular weight is 299 g/mol. The van der Waals surface area contributed by atoms with E-state index >= 15 is 0 Å². The number of aromatic nitrogens is 3. The highest BCUT2D eigenvalue weighted by Gasteiger charge is 2.20. The lowest BCUT2D eigenvalue weighted by Crippen LogP contribution is -2.39. The molecule has 1 saturated heterocycles. The van der Waals surface area contributed by atoms with Crippen LogP contribution in [0.1, 0.15) is 23.3 Å². The molecule has 0 spiro atoms. The van der Waals surface area contributed by atoms with Crippen LogP contribution in [0.15, 0.2) is 36.8 Å². The van der Waals surface area contributed by atoms with Crippen molar-refractivity contribution in [3.8, 4) is 0 Å². The van der Waals surface area contributed by atoms with Gasteiger partial charge in [-0.05, 0) is 37.0 Å². The van der Waals surface area contributed by atoms with Crippen molar-refractivity contribution in [1.29, 1.82) is 0 Å². The summed E-state index contributed by atoms with van der Waals surface area (Å²) in [5.74, 6) is 0.492. The van der Waals surface area contributed by atoms with Gasteiger partial charge in [-0.25, -0.2) is 0 Å². The first-order valence-electron chi connectivity index (χ1n) is 7.65.